The second-order valence-corrected chi connectivity index (χ2v) is 3.78. The molecule has 0 saturated heterocycles. The van der Waals surface area contributed by atoms with E-state index in [2.05, 4.69) is 26.3 Å². The standard InChI is InChI=1S/C10H10N6O/c1-6-3-2-4-16-9(6)11-5-7(10(16)17)8-12-14-15-13-8/h2-3,5H,4H2,1H3,(H,12,15)(H,13,14). The second-order valence-electron chi connectivity index (χ2n) is 3.78. The quantitative estimate of drug-likeness (QED) is 0.569. The van der Waals surface area contributed by atoms with Crippen LogP contribution in [0.4, 0.5) is 0 Å². The van der Waals surface area contributed by atoms with E-state index in [4.69, 9.17) is 0 Å². The molecule has 0 aliphatic carbocycles. The van der Waals surface area contributed by atoms with Crippen molar-refractivity contribution in [1.82, 2.24) is 20.5 Å². The minimum atomic E-state index is -0.121. The van der Waals surface area contributed by atoms with Crippen molar-refractivity contribution < 1.29 is 0 Å². The minimum absolute atomic E-state index is 0.121. The van der Waals surface area contributed by atoms with E-state index in [1.54, 1.807) is 4.57 Å². The Morgan fingerprint density at radius 2 is 2.35 bits per heavy atom. The number of nitrogens with zero attached hydrogens (tertiary/aromatic N) is 4. The van der Waals surface area contributed by atoms with Gasteiger partial charge in [0.2, 0.25) is 0 Å². The van der Waals surface area contributed by atoms with Crippen LogP contribution in [0.3, 0.4) is 0 Å². The van der Waals surface area contributed by atoms with Gasteiger partial charge in [-0.3, -0.25) is 14.8 Å². The maximum atomic E-state index is 12.2. The summed E-state index contributed by atoms with van der Waals surface area (Å²) >= 11 is 0. The summed E-state index contributed by atoms with van der Waals surface area (Å²) in [5.74, 6) is 0.394. The fraction of sp³-hybridized carbons (Fsp3) is 0.200. The lowest BCUT2D eigenvalue weighted by molar-refractivity contribution is 0.691. The van der Waals surface area contributed by atoms with E-state index in [-0.39, 0.29) is 5.56 Å². The Hall–Kier alpha value is -2.44. The van der Waals surface area contributed by atoms with E-state index in [1.165, 1.54) is 6.20 Å². The van der Waals surface area contributed by atoms with Crippen molar-refractivity contribution in [2.75, 3.05) is 0 Å². The number of fused-ring (bicyclic) bond motifs is 1. The lowest BCUT2D eigenvalue weighted by Gasteiger charge is -2.09. The molecule has 0 atom stereocenters. The highest BCUT2D eigenvalue weighted by atomic mass is 16.1. The highest BCUT2D eigenvalue weighted by Crippen LogP contribution is 1.97. The predicted molar refractivity (Wildman–Crippen MR) is 60.5 cm³/mol. The average Bonchev–Trinajstić information content (AvgIpc) is 2.84. The van der Waals surface area contributed by atoms with Crippen LogP contribution in [0, 0.1) is 0 Å². The van der Waals surface area contributed by atoms with Crippen molar-refractivity contribution in [2.24, 2.45) is 10.3 Å². The van der Waals surface area contributed by atoms with Crippen molar-refractivity contribution in [1.29, 1.82) is 0 Å². The molecular formula is C10H10N6O. The van der Waals surface area contributed by atoms with Crippen LogP contribution >= 0.6 is 0 Å². The molecule has 2 aliphatic rings. The number of hydrogen-bond acceptors (Lipinski definition) is 6. The number of nitrogens with one attached hydrogen (secondary N) is 2. The summed E-state index contributed by atoms with van der Waals surface area (Å²) in [5.41, 5.74) is 6.70. The van der Waals surface area contributed by atoms with Gasteiger partial charge in [0.15, 0.2) is 5.82 Å². The molecule has 0 fully saturated rings. The largest absolute Gasteiger partial charge is 0.288 e. The normalized spacial score (nSPS) is 19.9. The van der Waals surface area contributed by atoms with Crippen LogP contribution in [0.15, 0.2) is 33.5 Å². The first-order valence-electron chi connectivity index (χ1n) is 5.17. The molecule has 0 unspecified atom stereocenters. The average molecular weight is 230 g/mol. The molecule has 1 aromatic heterocycles. The number of rotatable bonds is 0. The summed E-state index contributed by atoms with van der Waals surface area (Å²) in [6, 6.07) is 0. The Kier molecular flexibility index (Phi) is 2.04. The number of allylic oxidation sites excluding steroid dienone is 2. The van der Waals surface area contributed by atoms with Gasteiger partial charge in [0.25, 0.3) is 5.56 Å². The van der Waals surface area contributed by atoms with E-state index in [0.717, 1.165) is 5.57 Å². The summed E-state index contributed by atoms with van der Waals surface area (Å²) in [6.45, 7) is 2.46. The van der Waals surface area contributed by atoms with Gasteiger partial charge in [-0.05, 0) is 12.5 Å². The lowest BCUT2D eigenvalue weighted by Crippen LogP contribution is -2.47. The van der Waals surface area contributed by atoms with Gasteiger partial charge in [-0.2, -0.15) is 0 Å². The van der Waals surface area contributed by atoms with Crippen molar-refractivity contribution in [2.45, 2.75) is 13.5 Å². The summed E-state index contributed by atoms with van der Waals surface area (Å²) in [4.78, 5) is 16.5. The second kappa shape index (κ2) is 3.55. The van der Waals surface area contributed by atoms with Crippen LogP contribution in [-0.4, -0.2) is 9.55 Å². The number of hydrazine groups is 1. The summed E-state index contributed by atoms with van der Waals surface area (Å²) in [6.07, 6.45) is 5.41. The molecular weight excluding hydrogens is 220 g/mol. The van der Waals surface area contributed by atoms with Gasteiger partial charge in [-0.25, -0.2) is 10.5 Å². The zero-order chi connectivity index (χ0) is 11.8. The first-order valence-corrected chi connectivity index (χ1v) is 5.17. The van der Waals surface area contributed by atoms with Crippen LogP contribution in [0.2, 0.25) is 0 Å². The van der Waals surface area contributed by atoms with E-state index >= 15 is 0 Å². The molecule has 86 valence electrons. The van der Waals surface area contributed by atoms with E-state index in [0.29, 0.717) is 23.1 Å². The highest BCUT2D eigenvalue weighted by Gasteiger charge is 2.10. The molecule has 3 heterocycles. The first-order chi connectivity index (χ1) is 8.27. The van der Waals surface area contributed by atoms with Gasteiger partial charge in [-0.1, -0.05) is 17.4 Å². The fourth-order valence-electron chi connectivity index (χ4n) is 1.85. The van der Waals surface area contributed by atoms with Crippen molar-refractivity contribution in [3.05, 3.63) is 39.4 Å². The van der Waals surface area contributed by atoms with Crippen LogP contribution in [-0.2, 0) is 6.54 Å². The summed E-state index contributed by atoms with van der Waals surface area (Å²) in [7, 11) is 0. The van der Waals surface area contributed by atoms with Gasteiger partial charge in [0, 0.05) is 12.7 Å². The van der Waals surface area contributed by atoms with Gasteiger partial charge >= 0.3 is 0 Å². The smallest absolute Gasteiger partial charge is 0.265 e. The SMILES string of the molecule is CC1=c2ncc(=C3N=NNN3)c(=O)n2CC=C1. The Morgan fingerprint density at radius 3 is 3.12 bits per heavy atom. The van der Waals surface area contributed by atoms with Gasteiger partial charge in [0.1, 0.15) is 10.7 Å². The summed E-state index contributed by atoms with van der Waals surface area (Å²) in [5, 5.41) is 7.72. The van der Waals surface area contributed by atoms with Crippen molar-refractivity contribution >= 4 is 11.4 Å². The van der Waals surface area contributed by atoms with Crippen LogP contribution < -0.4 is 27.2 Å². The molecule has 0 amide bonds. The molecule has 0 bridgehead atoms. The Labute approximate surface area is 95.8 Å². The maximum Gasteiger partial charge on any atom is 0.265 e. The predicted octanol–water partition coefficient (Wildman–Crippen LogP) is -1.48. The molecule has 3 rings (SSSR count). The zero-order valence-corrected chi connectivity index (χ0v) is 9.14. The summed E-state index contributed by atoms with van der Waals surface area (Å²) < 4.78 is 1.62. The fourth-order valence-corrected chi connectivity index (χ4v) is 1.85. The first kappa shape index (κ1) is 9.76. The van der Waals surface area contributed by atoms with Crippen LogP contribution in [0.25, 0.3) is 11.4 Å². The number of hydrogen-bond donors (Lipinski definition) is 2. The Morgan fingerprint density at radius 1 is 1.47 bits per heavy atom. The van der Waals surface area contributed by atoms with Crippen molar-refractivity contribution in [3.8, 4) is 0 Å². The van der Waals surface area contributed by atoms with Crippen LogP contribution in [0.5, 0.6) is 0 Å². The van der Waals surface area contributed by atoms with Gasteiger partial charge in [0.05, 0.1) is 0 Å². The third kappa shape index (κ3) is 1.43. The molecule has 0 radical (unpaired) electrons. The third-order valence-electron chi connectivity index (χ3n) is 2.69. The number of aromatic nitrogens is 2. The maximum absolute atomic E-state index is 12.2. The molecule has 0 saturated carbocycles. The van der Waals surface area contributed by atoms with E-state index in [1.807, 2.05) is 19.1 Å². The molecule has 17 heavy (non-hydrogen) atoms. The highest BCUT2D eigenvalue weighted by molar-refractivity contribution is 5.52. The molecule has 0 aromatic carbocycles. The Balaban J connectivity index is 2.40. The van der Waals surface area contributed by atoms with E-state index < -0.39 is 0 Å². The molecule has 7 heteroatoms. The van der Waals surface area contributed by atoms with Crippen LogP contribution in [0.1, 0.15) is 6.92 Å². The van der Waals surface area contributed by atoms with E-state index in [9.17, 15) is 4.79 Å². The van der Waals surface area contributed by atoms with Gasteiger partial charge in [-0.15, -0.1) is 5.11 Å². The van der Waals surface area contributed by atoms with Crippen molar-refractivity contribution in [3.63, 3.8) is 0 Å². The van der Waals surface area contributed by atoms with Gasteiger partial charge < -0.3 is 0 Å². The monoisotopic (exact) mass is 230 g/mol. The zero-order valence-electron chi connectivity index (χ0n) is 9.14. The minimum Gasteiger partial charge on any atom is -0.288 e. The topological polar surface area (TPSA) is 83.7 Å². The molecule has 2 N–H and O–H groups in total. The lowest BCUT2D eigenvalue weighted by atomic mass is 10.2. The molecule has 0 spiro atoms. The molecule has 2 aliphatic heterocycles. The molecule has 1 aromatic rings. The third-order valence-corrected chi connectivity index (χ3v) is 2.69. The molecule has 7 nitrogen and oxygen atoms in total. The Bertz CT molecular complexity index is 711.